The summed E-state index contributed by atoms with van der Waals surface area (Å²) in [7, 11) is -4.29. The topological polar surface area (TPSA) is 96.8 Å². The number of pyridine rings is 1. The lowest BCUT2D eigenvalue weighted by Crippen LogP contribution is -2.17. The van der Waals surface area contributed by atoms with Crippen molar-refractivity contribution in [3.63, 3.8) is 0 Å². The SMILES string of the molecule is Cc1cc(C(F)F)nc(S(N)(=O)=O)c1C#N. The van der Waals surface area contributed by atoms with Gasteiger partial charge in [-0.15, -0.1) is 0 Å². The number of nitriles is 1. The molecule has 8 heteroatoms. The number of aromatic nitrogens is 1. The second-order valence-corrected chi connectivity index (χ2v) is 4.48. The average Bonchev–Trinajstić information content (AvgIpc) is 2.14. The van der Waals surface area contributed by atoms with E-state index in [0.717, 1.165) is 6.07 Å². The molecule has 0 aromatic carbocycles. The normalized spacial score (nSPS) is 11.5. The van der Waals surface area contributed by atoms with Gasteiger partial charge in [0.1, 0.15) is 11.8 Å². The third kappa shape index (κ3) is 2.32. The minimum atomic E-state index is -4.29. The molecular formula is C8H7F2N3O2S. The maximum Gasteiger partial charge on any atom is 0.280 e. The van der Waals surface area contributed by atoms with Crippen LogP contribution in [0.15, 0.2) is 11.1 Å². The second-order valence-electron chi connectivity index (χ2n) is 3.00. The molecule has 1 heterocycles. The second kappa shape index (κ2) is 4.11. The van der Waals surface area contributed by atoms with Crippen molar-refractivity contribution in [2.75, 3.05) is 0 Å². The van der Waals surface area contributed by atoms with Gasteiger partial charge in [0.05, 0.1) is 5.56 Å². The van der Waals surface area contributed by atoms with Crippen LogP contribution in [0.5, 0.6) is 0 Å². The van der Waals surface area contributed by atoms with Crippen molar-refractivity contribution in [1.82, 2.24) is 4.98 Å². The Hall–Kier alpha value is -1.59. The van der Waals surface area contributed by atoms with Gasteiger partial charge in [-0.1, -0.05) is 0 Å². The Morgan fingerprint density at radius 3 is 2.50 bits per heavy atom. The molecule has 0 amide bonds. The molecule has 0 fully saturated rings. The first kappa shape index (κ1) is 12.5. The number of nitrogens with zero attached hydrogens (tertiary/aromatic N) is 2. The molecule has 0 saturated carbocycles. The van der Waals surface area contributed by atoms with Crippen molar-refractivity contribution in [3.8, 4) is 6.07 Å². The number of hydrogen-bond acceptors (Lipinski definition) is 4. The lowest BCUT2D eigenvalue weighted by molar-refractivity contribution is 0.145. The van der Waals surface area contributed by atoms with E-state index < -0.39 is 27.2 Å². The van der Waals surface area contributed by atoms with Crippen LogP contribution in [0.3, 0.4) is 0 Å². The Labute approximate surface area is 90.6 Å². The van der Waals surface area contributed by atoms with Gasteiger partial charge in [0.15, 0.2) is 5.03 Å². The summed E-state index contributed by atoms with van der Waals surface area (Å²) in [6.45, 7) is 1.33. The van der Waals surface area contributed by atoms with E-state index in [1.54, 1.807) is 6.07 Å². The van der Waals surface area contributed by atoms with Crippen LogP contribution < -0.4 is 5.14 Å². The maximum absolute atomic E-state index is 12.4. The minimum absolute atomic E-state index is 0.0943. The highest BCUT2D eigenvalue weighted by atomic mass is 32.2. The molecular weight excluding hydrogens is 240 g/mol. The summed E-state index contributed by atoms with van der Waals surface area (Å²) in [5.41, 5.74) is -0.941. The Bertz CT molecular complexity index is 563. The third-order valence-corrected chi connectivity index (χ3v) is 2.64. The van der Waals surface area contributed by atoms with Crippen LogP contribution in [0.25, 0.3) is 0 Å². The van der Waals surface area contributed by atoms with Gasteiger partial charge in [-0.25, -0.2) is 27.3 Å². The van der Waals surface area contributed by atoms with E-state index in [0.29, 0.717) is 0 Å². The lowest BCUT2D eigenvalue weighted by Gasteiger charge is -2.07. The number of hydrogen-bond donors (Lipinski definition) is 1. The molecule has 5 nitrogen and oxygen atoms in total. The zero-order valence-corrected chi connectivity index (χ0v) is 8.92. The molecule has 0 saturated heterocycles. The Kier molecular flexibility index (Phi) is 3.21. The number of halogens is 2. The first-order valence-corrected chi connectivity index (χ1v) is 5.54. The van der Waals surface area contributed by atoms with Crippen LogP contribution in [0.4, 0.5) is 8.78 Å². The lowest BCUT2D eigenvalue weighted by atomic mass is 10.1. The summed E-state index contributed by atoms with van der Waals surface area (Å²) < 4.78 is 46.9. The van der Waals surface area contributed by atoms with Crippen molar-refractivity contribution < 1.29 is 17.2 Å². The molecule has 1 aromatic rings. The fourth-order valence-corrected chi connectivity index (χ4v) is 1.85. The first-order valence-electron chi connectivity index (χ1n) is 4.00. The van der Waals surface area contributed by atoms with Crippen LogP contribution in [0.2, 0.25) is 0 Å². The predicted octanol–water partition coefficient (Wildman–Crippen LogP) is 0.847. The van der Waals surface area contributed by atoms with Gasteiger partial charge in [-0.05, 0) is 18.6 Å². The number of rotatable bonds is 2. The van der Waals surface area contributed by atoms with Gasteiger partial charge < -0.3 is 0 Å². The quantitative estimate of drug-likeness (QED) is 0.837. The molecule has 2 N–H and O–H groups in total. The zero-order chi connectivity index (χ0) is 12.5. The van der Waals surface area contributed by atoms with Gasteiger partial charge in [-0.3, -0.25) is 0 Å². The number of nitrogens with two attached hydrogens (primary N) is 1. The Balaban J connectivity index is 3.64. The number of primary sulfonamides is 1. The van der Waals surface area contributed by atoms with Crippen molar-refractivity contribution >= 4 is 10.0 Å². The predicted molar refractivity (Wildman–Crippen MR) is 50.0 cm³/mol. The van der Waals surface area contributed by atoms with E-state index in [2.05, 4.69) is 4.98 Å². The van der Waals surface area contributed by atoms with Crippen LogP contribution in [-0.2, 0) is 10.0 Å². The Morgan fingerprint density at radius 2 is 2.12 bits per heavy atom. The van der Waals surface area contributed by atoms with Crippen molar-refractivity contribution in [2.45, 2.75) is 18.4 Å². The molecule has 0 spiro atoms. The number of alkyl halides is 2. The summed E-state index contributed by atoms with van der Waals surface area (Å²) >= 11 is 0. The molecule has 0 atom stereocenters. The standard InChI is InChI=1S/C8H7F2N3O2S/c1-4-2-6(7(9)10)13-8(5(4)3-11)16(12,14)15/h2,7H,1H3,(H2,12,14,15). The third-order valence-electron chi connectivity index (χ3n) is 1.81. The van der Waals surface area contributed by atoms with Crippen LogP contribution >= 0.6 is 0 Å². The fraction of sp³-hybridized carbons (Fsp3) is 0.250. The van der Waals surface area contributed by atoms with Crippen molar-refractivity contribution in [1.29, 1.82) is 5.26 Å². The number of aryl methyl sites for hydroxylation is 1. The van der Waals surface area contributed by atoms with Crippen molar-refractivity contribution in [3.05, 3.63) is 22.9 Å². The average molecular weight is 247 g/mol. The van der Waals surface area contributed by atoms with Gasteiger partial charge in [0, 0.05) is 0 Å². The molecule has 0 aliphatic rings. The molecule has 16 heavy (non-hydrogen) atoms. The summed E-state index contributed by atoms with van der Waals surface area (Å²) in [6.07, 6.45) is -2.92. The molecule has 0 aliphatic heterocycles. The fourth-order valence-electron chi connectivity index (χ4n) is 1.12. The van der Waals surface area contributed by atoms with E-state index in [4.69, 9.17) is 10.4 Å². The maximum atomic E-state index is 12.4. The summed E-state index contributed by atoms with van der Waals surface area (Å²) in [4.78, 5) is 3.19. The van der Waals surface area contributed by atoms with E-state index >= 15 is 0 Å². The highest BCUT2D eigenvalue weighted by molar-refractivity contribution is 7.89. The van der Waals surface area contributed by atoms with Gasteiger partial charge in [0.2, 0.25) is 0 Å². The molecule has 1 aromatic heterocycles. The highest BCUT2D eigenvalue weighted by Crippen LogP contribution is 2.23. The van der Waals surface area contributed by atoms with Gasteiger partial charge in [0.25, 0.3) is 16.4 Å². The summed E-state index contributed by atoms with van der Waals surface area (Å²) in [6, 6.07) is 2.53. The van der Waals surface area contributed by atoms with E-state index in [-0.39, 0.29) is 11.1 Å². The van der Waals surface area contributed by atoms with E-state index in [1.807, 2.05) is 0 Å². The molecule has 0 unspecified atom stereocenters. The molecule has 0 radical (unpaired) electrons. The molecule has 0 bridgehead atoms. The van der Waals surface area contributed by atoms with Crippen LogP contribution in [0.1, 0.15) is 23.2 Å². The van der Waals surface area contributed by atoms with Gasteiger partial charge >= 0.3 is 0 Å². The summed E-state index contributed by atoms with van der Waals surface area (Å²) in [5.74, 6) is 0. The minimum Gasteiger partial charge on any atom is -0.233 e. The number of sulfonamides is 1. The van der Waals surface area contributed by atoms with Crippen LogP contribution in [-0.4, -0.2) is 13.4 Å². The van der Waals surface area contributed by atoms with E-state index in [9.17, 15) is 17.2 Å². The molecule has 86 valence electrons. The van der Waals surface area contributed by atoms with Gasteiger partial charge in [-0.2, -0.15) is 5.26 Å². The smallest absolute Gasteiger partial charge is 0.233 e. The largest absolute Gasteiger partial charge is 0.280 e. The molecule has 1 rings (SSSR count). The van der Waals surface area contributed by atoms with E-state index in [1.165, 1.54) is 6.92 Å². The highest BCUT2D eigenvalue weighted by Gasteiger charge is 2.22. The Morgan fingerprint density at radius 1 is 1.56 bits per heavy atom. The molecule has 0 aliphatic carbocycles. The first-order chi connectivity index (χ1) is 7.27. The summed E-state index contributed by atoms with van der Waals surface area (Å²) in [5, 5.41) is 12.7. The zero-order valence-electron chi connectivity index (χ0n) is 8.11. The van der Waals surface area contributed by atoms with Crippen LogP contribution in [0, 0.1) is 18.3 Å². The monoisotopic (exact) mass is 247 g/mol. The van der Waals surface area contributed by atoms with Crippen molar-refractivity contribution in [2.24, 2.45) is 5.14 Å².